The van der Waals surface area contributed by atoms with E-state index in [2.05, 4.69) is 11.8 Å². The average molecular weight is 269 g/mol. The number of ether oxygens (including phenoxy) is 1. The molecule has 1 aliphatic carbocycles. The van der Waals surface area contributed by atoms with Gasteiger partial charge in [-0.1, -0.05) is 19.8 Å². The summed E-state index contributed by atoms with van der Waals surface area (Å²) in [5.41, 5.74) is 0. The molecular weight excluding hydrogens is 242 g/mol. The summed E-state index contributed by atoms with van der Waals surface area (Å²) in [6.07, 6.45) is 7.23. The van der Waals surface area contributed by atoms with E-state index >= 15 is 0 Å². The lowest BCUT2D eigenvalue weighted by molar-refractivity contribution is -0.145. The molecule has 1 saturated heterocycles. The number of unbranched alkanes of at least 4 members (excludes halogenated alkanes) is 1. The number of aliphatic hydroxyl groups excluding tert-OH is 1. The fourth-order valence-corrected chi connectivity index (χ4v) is 3.49. The molecule has 19 heavy (non-hydrogen) atoms. The Hall–Kier alpha value is -0.610. The van der Waals surface area contributed by atoms with Crippen molar-refractivity contribution in [2.45, 2.75) is 64.0 Å². The standard InChI is InChI=1S/C15H27NO3/c1-2-3-10-19-15(18)11-16-9-5-7-13(16)12-6-4-8-14(12)17/h12-14,17H,2-11H2,1H3. The highest BCUT2D eigenvalue weighted by atomic mass is 16.5. The van der Waals surface area contributed by atoms with Gasteiger partial charge in [-0.2, -0.15) is 0 Å². The summed E-state index contributed by atoms with van der Waals surface area (Å²) >= 11 is 0. The van der Waals surface area contributed by atoms with Crippen LogP contribution in [0.15, 0.2) is 0 Å². The number of nitrogens with zero attached hydrogens (tertiary/aromatic N) is 1. The summed E-state index contributed by atoms with van der Waals surface area (Å²) in [5, 5.41) is 10.0. The number of hydrogen-bond acceptors (Lipinski definition) is 4. The van der Waals surface area contributed by atoms with Gasteiger partial charge in [-0.05, 0) is 38.6 Å². The molecule has 0 aromatic rings. The van der Waals surface area contributed by atoms with Crippen LogP contribution in [0.1, 0.15) is 51.9 Å². The van der Waals surface area contributed by atoms with Crippen molar-refractivity contribution in [1.29, 1.82) is 0 Å². The molecule has 2 rings (SSSR count). The van der Waals surface area contributed by atoms with E-state index in [4.69, 9.17) is 4.74 Å². The predicted octanol–water partition coefficient (Wildman–Crippen LogP) is 1.96. The van der Waals surface area contributed by atoms with E-state index in [0.29, 0.717) is 25.1 Å². The topological polar surface area (TPSA) is 49.8 Å². The highest BCUT2D eigenvalue weighted by molar-refractivity contribution is 5.71. The number of esters is 1. The van der Waals surface area contributed by atoms with Crippen LogP contribution in [0.2, 0.25) is 0 Å². The van der Waals surface area contributed by atoms with Gasteiger partial charge in [-0.15, -0.1) is 0 Å². The van der Waals surface area contributed by atoms with Crippen molar-refractivity contribution in [3.8, 4) is 0 Å². The van der Waals surface area contributed by atoms with Crippen molar-refractivity contribution in [2.75, 3.05) is 19.7 Å². The van der Waals surface area contributed by atoms with E-state index in [0.717, 1.165) is 51.5 Å². The lowest BCUT2D eigenvalue weighted by atomic mass is 9.94. The van der Waals surface area contributed by atoms with Gasteiger partial charge in [0.1, 0.15) is 0 Å². The minimum Gasteiger partial charge on any atom is -0.465 e. The summed E-state index contributed by atoms with van der Waals surface area (Å²) in [4.78, 5) is 14.0. The Morgan fingerprint density at radius 3 is 2.84 bits per heavy atom. The second kappa shape index (κ2) is 7.25. The van der Waals surface area contributed by atoms with Gasteiger partial charge in [0.05, 0.1) is 19.3 Å². The molecule has 0 radical (unpaired) electrons. The molecule has 0 amide bonds. The first-order valence-electron chi connectivity index (χ1n) is 7.80. The Balaban J connectivity index is 1.80. The molecule has 3 atom stereocenters. The lowest BCUT2D eigenvalue weighted by Crippen LogP contribution is -2.41. The molecule has 0 aromatic heterocycles. The van der Waals surface area contributed by atoms with Gasteiger partial charge in [0.15, 0.2) is 0 Å². The van der Waals surface area contributed by atoms with Crippen LogP contribution in [0.3, 0.4) is 0 Å². The third-order valence-corrected chi connectivity index (χ3v) is 4.53. The second-order valence-corrected chi connectivity index (χ2v) is 5.92. The Morgan fingerprint density at radius 1 is 1.32 bits per heavy atom. The Kier molecular flexibility index (Phi) is 5.64. The smallest absolute Gasteiger partial charge is 0.320 e. The van der Waals surface area contributed by atoms with Crippen LogP contribution in [-0.4, -0.2) is 47.8 Å². The van der Waals surface area contributed by atoms with Crippen LogP contribution in [-0.2, 0) is 9.53 Å². The largest absolute Gasteiger partial charge is 0.465 e. The van der Waals surface area contributed by atoms with Crippen LogP contribution in [0.4, 0.5) is 0 Å². The summed E-state index contributed by atoms with van der Waals surface area (Å²) in [7, 11) is 0. The van der Waals surface area contributed by atoms with Crippen molar-refractivity contribution >= 4 is 5.97 Å². The zero-order chi connectivity index (χ0) is 13.7. The molecule has 0 spiro atoms. The van der Waals surface area contributed by atoms with E-state index in [9.17, 15) is 9.90 Å². The van der Waals surface area contributed by atoms with E-state index in [1.54, 1.807) is 0 Å². The van der Waals surface area contributed by atoms with Crippen molar-refractivity contribution in [3.63, 3.8) is 0 Å². The van der Waals surface area contributed by atoms with Gasteiger partial charge in [0.25, 0.3) is 0 Å². The van der Waals surface area contributed by atoms with Gasteiger partial charge >= 0.3 is 5.97 Å². The first-order valence-corrected chi connectivity index (χ1v) is 7.80. The number of carbonyl (C=O) groups excluding carboxylic acids is 1. The Labute approximate surface area is 116 Å². The highest BCUT2D eigenvalue weighted by Crippen LogP contribution is 2.35. The quantitative estimate of drug-likeness (QED) is 0.591. The monoisotopic (exact) mass is 269 g/mol. The van der Waals surface area contributed by atoms with E-state index in [-0.39, 0.29) is 12.1 Å². The first kappa shape index (κ1) is 14.8. The van der Waals surface area contributed by atoms with Crippen LogP contribution in [0, 0.1) is 5.92 Å². The molecule has 110 valence electrons. The molecule has 1 saturated carbocycles. The van der Waals surface area contributed by atoms with E-state index in [1.807, 2.05) is 0 Å². The molecule has 1 N–H and O–H groups in total. The zero-order valence-electron chi connectivity index (χ0n) is 12.0. The van der Waals surface area contributed by atoms with Gasteiger partial charge in [0.2, 0.25) is 0 Å². The van der Waals surface area contributed by atoms with Crippen molar-refractivity contribution in [3.05, 3.63) is 0 Å². The summed E-state index contributed by atoms with van der Waals surface area (Å²) in [5.74, 6) is 0.263. The number of carbonyl (C=O) groups is 1. The van der Waals surface area contributed by atoms with E-state index < -0.39 is 0 Å². The molecule has 4 nitrogen and oxygen atoms in total. The molecule has 4 heteroatoms. The number of hydrogen-bond donors (Lipinski definition) is 1. The third-order valence-electron chi connectivity index (χ3n) is 4.53. The maximum Gasteiger partial charge on any atom is 0.320 e. The van der Waals surface area contributed by atoms with Crippen LogP contribution in [0.25, 0.3) is 0 Å². The number of likely N-dealkylation sites (tertiary alicyclic amines) is 1. The molecule has 1 aliphatic heterocycles. The summed E-state index contributed by atoms with van der Waals surface area (Å²) in [6, 6.07) is 0.385. The minimum absolute atomic E-state index is 0.104. The van der Waals surface area contributed by atoms with Crippen molar-refractivity contribution < 1.29 is 14.6 Å². The lowest BCUT2D eigenvalue weighted by Gasteiger charge is -2.30. The Morgan fingerprint density at radius 2 is 2.16 bits per heavy atom. The molecule has 2 aliphatic rings. The zero-order valence-corrected chi connectivity index (χ0v) is 12.0. The predicted molar refractivity (Wildman–Crippen MR) is 73.8 cm³/mol. The molecular formula is C15H27NO3. The normalized spacial score (nSPS) is 31.8. The maximum absolute atomic E-state index is 11.8. The van der Waals surface area contributed by atoms with Gasteiger partial charge in [-0.3, -0.25) is 9.69 Å². The van der Waals surface area contributed by atoms with Crippen LogP contribution in [0.5, 0.6) is 0 Å². The summed E-state index contributed by atoms with van der Waals surface area (Å²) < 4.78 is 5.24. The van der Waals surface area contributed by atoms with Gasteiger partial charge in [-0.25, -0.2) is 0 Å². The molecule has 0 aromatic carbocycles. The number of rotatable bonds is 6. The van der Waals surface area contributed by atoms with E-state index in [1.165, 1.54) is 0 Å². The molecule has 3 unspecified atom stereocenters. The first-order chi connectivity index (χ1) is 9.22. The van der Waals surface area contributed by atoms with Crippen LogP contribution < -0.4 is 0 Å². The third kappa shape index (κ3) is 3.93. The summed E-state index contributed by atoms with van der Waals surface area (Å²) in [6.45, 7) is 4.00. The fourth-order valence-electron chi connectivity index (χ4n) is 3.49. The van der Waals surface area contributed by atoms with Gasteiger partial charge < -0.3 is 9.84 Å². The van der Waals surface area contributed by atoms with Crippen molar-refractivity contribution in [2.24, 2.45) is 5.92 Å². The van der Waals surface area contributed by atoms with Crippen LogP contribution >= 0.6 is 0 Å². The minimum atomic E-state index is -0.165. The SMILES string of the molecule is CCCCOC(=O)CN1CCCC1C1CCCC1O. The fraction of sp³-hybridized carbons (Fsp3) is 0.933. The molecule has 0 bridgehead atoms. The maximum atomic E-state index is 11.8. The average Bonchev–Trinajstić information content (AvgIpc) is 2.98. The Bertz CT molecular complexity index is 295. The van der Waals surface area contributed by atoms with Crippen molar-refractivity contribution in [1.82, 2.24) is 4.90 Å². The molecule has 1 heterocycles. The number of aliphatic hydroxyl groups is 1. The van der Waals surface area contributed by atoms with Gasteiger partial charge in [0, 0.05) is 12.0 Å². The highest BCUT2D eigenvalue weighted by Gasteiger charge is 2.38. The molecule has 2 fully saturated rings. The second-order valence-electron chi connectivity index (χ2n) is 5.92.